The Balaban J connectivity index is 1.89. The van der Waals surface area contributed by atoms with Crippen LogP contribution in [-0.2, 0) is 24.4 Å². The van der Waals surface area contributed by atoms with Gasteiger partial charge >= 0.3 is 0 Å². The summed E-state index contributed by atoms with van der Waals surface area (Å²) in [7, 11) is 5.51. The van der Waals surface area contributed by atoms with Crippen molar-refractivity contribution in [3.05, 3.63) is 109 Å². The molecule has 5 aromatic rings. The van der Waals surface area contributed by atoms with Gasteiger partial charge in [0.1, 0.15) is 11.4 Å². The molecule has 0 saturated carbocycles. The molecule has 1 N–H and O–H groups in total. The number of aromatic nitrogens is 5. The van der Waals surface area contributed by atoms with E-state index in [2.05, 4.69) is 9.97 Å². The number of phenolic OH excluding ortho intramolecular Hbond substituents is 1. The van der Waals surface area contributed by atoms with Crippen LogP contribution in [-0.4, -0.2) is 36.3 Å². The molecule has 0 aliphatic carbocycles. The van der Waals surface area contributed by atoms with Crippen LogP contribution in [0.2, 0.25) is 0 Å². The Bertz CT molecular complexity index is 1430. The molecule has 7 nitrogen and oxygen atoms in total. The normalized spacial score (nSPS) is 13.0. The van der Waals surface area contributed by atoms with E-state index in [1.54, 1.807) is 31.6 Å². The van der Waals surface area contributed by atoms with Gasteiger partial charge in [0.2, 0.25) is 5.60 Å². The Hall–Kier alpha value is -4.23. The molecule has 0 spiro atoms. The highest BCUT2D eigenvalue weighted by atomic mass is 16.5. The van der Waals surface area contributed by atoms with Crippen LogP contribution in [0.25, 0.3) is 22.5 Å². The average molecular weight is 452 g/mol. The lowest BCUT2D eigenvalue weighted by Crippen LogP contribution is -2.38. The molecule has 3 aromatic heterocycles. The van der Waals surface area contributed by atoms with Crippen molar-refractivity contribution in [2.24, 2.45) is 14.1 Å². The van der Waals surface area contributed by atoms with Crippen LogP contribution in [0.15, 0.2) is 91.4 Å². The first-order chi connectivity index (χ1) is 16.6. The molecular formula is C27H25N5O2. The van der Waals surface area contributed by atoms with Crippen LogP contribution < -0.4 is 0 Å². The minimum Gasteiger partial charge on any atom is -0.507 e. The van der Waals surface area contributed by atoms with Crippen LogP contribution in [0.5, 0.6) is 5.75 Å². The van der Waals surface area contributed by atoms with Gasteiger partial charge in [0.25, 0.3) is 0 Å². The molecule has 0 aliphatic heterocycles. The average Bonchev–Trinajstić information content (AvgIpc) is 3.45. The minimum absolute atomic E-state index is 0.155. The second-order valence-corrected chi connectivity index (χ2v) is 8.04. The predicted octanol–water partition coefficient (Wildman–Crippen LogP) is 4.53. The third-order valence-electron chi connectivity index (χ3n) is 6.08. The van der Waals surface area contributed by atoms with Gasteiger partial charge < -0.3 is 19.0 Å². The second-order valence-electron chi connectivity index (χ2n) is 8.04. The minimum atomic E-state index is -1.19. The second kappa shape index (κ2) is 8.61. The summed E-state index contributed by atoms with van der Waals surface area (Å²) < 4.78 is 10.2. The number of pyridine rings is 1. The van der Waals surface area contributed by atoms with E-state index in [0.717, 1.165) is 11.3 Å². The highest BCUT2D eigenvalue weighted by Crippen LogP contribution is 2.43. The van der Waals surface area contributed by atoms with E-state index in [4.69, 9.17) is 9.72 Å². The molecule has 2 aromatic carbocycles. The smallest absolute Gasteiger partial charge is 0.225 e. The van der Waals surface area contributed by atoms with Gasteiger partial charge in [0, 0.05) is 50.9 Å². The van der Waals surface area contributed by atoms with Crippen LogP contribution in [0.3, 0.4) is 0 Å². The first-order valence-electron chi connectivity index (χ1n) is 10.9. The highest BCUT2D eigenvalue weighted by molar-refractivity contribution is 5.82. The summed E-state index contributed by atoms with van der Waals surface area (Å²) in [6, 6.07) is 22.9. The quantitative estimate of drug-likeness (QED) is 0.411. The standard InChI is InChI=1S/C27H25N5O2/c1-31-18-17-29-25(31)27(34-3,22-15-9-10-16-28-22)26-30-23(20-13-7-8-14-21(20)33)24(32(26)2)19-11-5-4-6-12-19/h4-18,33H,1-3H3/t27-/m1/s1. The molecule has 5 rings (SSSR count). The van der Waals surface area contributed by atoms with Gasteiger partial charge in [-0.15, -0.1) is 0 Å². The first-order valence-corrected chi connectivity index (χ1v) is 10.9. The molecule has 3 heterocycles. The number of para-hydroxylation sites is 1. The number of aromatic hydroxyl groups is 1. The van der Waals surface area contributed by atoms with E-state index in [1.165, 1.54) is 0 Å². The van der Waals surface area contributed by atoms with E-state index in [-0.39, 0.29) is 5.75 Å². The van der Waals surface area contributed by atoms with Gasteiger partial charge in [0.05, 0.1) is 11.4 Å². The van der Waals surface area contributed by atoms with Crippen molar-refractivity contribution >= 4 is 0 Å². The van der Waals surface area contributed by atoms with E-state index in [9.17, 15) is 5.11 Å². The van der Waals surface area contributed by atoms with Crippen molar-refractivity contribution in [1.29, 1.82) is 0 Å². The van der Waals surface area contributed by atoms with E-state index in [1.807, 2.05) is 90.1 Å². The van der Waals surface area contributed by atoms with Crippen molar-refractivity contribution in [3.8, 4) is 28.3 Å². The lowest BCUT2D eigenvalue weighted by Gasteiger charge is -2.31. The molecule has 0 bridgehead atoms. The molecule has 34 heavy (non-hydrogen) atoms. The number of methoxy groups -OCH3 is 1. The van der Waals surface area contributed by atoms with Crippen molar-refractivity contribution in [2.75, 3.05) is 7.11 Å². The summed E-state index contributed by atoms with van der Waals surface area (Å²) in [6.45, 7) is 0. The third-order valence-corrected chi connectivity index (χ3v) is 6.08. The van der Waals surface area contributed by atoms with Crippen molar-refractivity contribution in [1.82, 2.24) is 24.1 Å². The first kappa shape index (κ1) is 21.6. The fraction of sp³-hybridized carbons (Fsp3) is 0.148. The summed E-state index contributed by atoms with van der Waals surface area (Å²) in [5.74, 6) is 1.40. The van der Waals surface area contributed by atoms with E-state index < -0.39 is 5.60 Å². The topological polar surface area (TPSA) is 78.0 Å². The summed E-state index contributed by atoms with van der Waals surface area (Å²) >= 11 is 0. The highest BCUT2D eigenvalue weighted by Gasteiger charge is 2.46. The van der Waals surface area contributed by atoms with Gasteiger partial charge in [-0.25, -0.2) is 9.97 Å². The van der Waals surface area contributed by atoms with Gasteiger partial charge in [-0.1, -0.05) is 48.5 Å². The van der Waals surface area contributed by atoms with Crippen LogP contribution in [0.4, 0.5) is 0 Å². The van der Waals surface area contributed by atoms with E-state index in [0.29, 0.717) is 28.6 Å². The molecule has 7 heteroatoms. The number of rotatable bonds is 6. The molecule has 170 valence electrons. The van der Waals surface area contributed by atoms with Crippen LogP contribution >= 0.6 is 0 Å². The van der Waals surface area contributed by atoms with Crippen LogP contribution in [0.1, 0.15) is 17.3 Å². The molecule has 0 unspecified atom stereocenters. The Morgan fingerprint density at radius 1 is 0.824 bits per heavy atom. The van der Waals surface area contributed by atoms with Gasteiger partial charge in [0.15, 0.2) is 11.6 Å². The molecule has 0 aliphatic rings. The van der Waals surface area contributed by atoms with Gasteiger partial charge in [-0.2, -0.15) is 0 Å². The van der Waals surface area contributed by atoms with Gasteiger partial charge in [-0.3, -0.25) is 4.98 Å². The Morgan fingerprint density at radius 3 is 2.21 bits per heavy atom. The predicted molar refractivity (Wildman–Crippen MR) is 130 cm³/mol. The zero-order chi connectivity index (χ0) is 23.7. The summed E-state index contributed by atoms with van der Waals surface area (Å²) in [5.41, 5.74) is 2.56. The Labute approximate surface area is 198 Å². The van der Waals surface area contributed by atoms with Crippen molar-refractivity contribution in [3.63, 3.8) is 0 Å². The number of aryl methyl sites for hydroxylation is 1. The largest absolute Gasteiger partial charge is 0.507 e. The van der Waals surface area contributed by atoms with Crippen molar-refractivity contribution < 1.29 is 9.84 Å². The number of imidazole rings is 2. The number of ether oxygens (including phenoxy) is 1. The number of hydrogen-bond donors (Lipinski definition) is 1. The molecular weight excluding hydrogens is 426 g/mol. The molecule has 0 radical (unpaired) electrons. The lowest BCUT2D eigenvalue weighted by atomic mass is 9.95. The maximum atomic E-state index is 10.7. The SMILES string of the molecule is CO[C@](c1ccccn1)(c1nccn1C)c1nc(-c2ccccc2O)c(-c2ccccc2)n1C. The van der Waals surface area contributed by atoms with E-state index >= 15 is 0 Å². The number of hydrogen-bond acceptors (Lipinski definition) is 5. The van der Waals surface area contributed by atoms with Crippen molar-refractivity contribution in [2.45, 2.75) is 5.60 Å². The summed E-state index contributed by atoms with van der Waals surface area (Å²) in [6.07, 6.45) is 5.34. The molecule has 0 fully saturated rings. The fourth-order valence-corrected chi connectivity index (χ4v) is 4.49. The Morgan fingerprint density at radius 2 is 1.56 bits per heavy atom. The molecule has 0 saturated heterocycles. The third kappa shape index (κ3) is 3.29. The zero-order valence-electron chi connectivity index (χ0n) is 19.3. The van der Waals surface area contributed by atoms with Crippen LogP contribution in [0, 0.1) is 0 Å². The molecule has 0 amide bonds. The summed E-state index contributed by atoms with van der Waals surface area (Å²) in [5, 5.41) is 10.7. The number of nitrogens with zero attached hydrogens (tertiary/aromatic N) is 5. The van der Waals surface area contributed by atoms with Gasteiger partial charge in [-0.05, 0) is 24.3 Å². The summed E-state index contributed by atoms with van der Waals surface area (Å²) in [4.78, 5) is 14.4. The Kier molecular flexibility index (Phi) is 5.47. The zero-order valence-corrected chi connectivity index (χ0v) is 19.3. The maximum Gasteiger partial charge on any atom is 0.225 e. The number of phenols is 1. The monoisotopic (exact) mass is 451 g/mol. The fourth-order valence-electron chi connectivity index (χ4n) is 4.49. The molecule has 1 atom stereocenters. The number of benzene rings is 2. The lowest BCUT2D eigenvalue weighted by molar-refractivity contribution is 0.0352. The maximum absolute atomic E-state index is 10.7.